The van der Waals surface area contributed by atoms with Crippen molar-refractivity contribution in [2.24, 2.45) is 5.92 Å². The molecular formula is C12H23NO4. The lowest BCUT2D eigenvalue weighted by atomic mass is 10.0. The molecule has 100 valence electrons. The van der Waals surface area contributed by atoms with Crippen molar-refractivity contribution in [2.75, 3.05) is 46.6 Å². The normalized spacial score (nSPS) is 20.2. The van der Waals surface area contributed by atoms with Crippen molar-refractivity contribution in [3.05, 3.63) is 0 Å². The second-order valence-electron chi connectivity index (χ2n) is 4.17. The van der Waals surface area contributed by atoms with Crippen molar-refractivity contribution in [1.82, 2.24) is 5.32 Å². The topological polar surface area (TPSA) is 56.8 Å². The van der Waals surface area contributed by atoms with Crippen LogP contribution in [0.4, 0.5) is 0 Å². The highest BCUT2D eigenvalue weighted by Gasteiger charge is 2.21. The number of carbonyl (C=O) groups is 1. The molecule has 1 rings (SSSR count). The van der Waals surface area contributed by atoms with Crippen LogP contribution in [-0.2, 0) is 19.0 Å². The summed E-state index contributed by atoms with van der Waals surface area (Å²) in [6.45, 7) is 4.02. The molecule has 0 spiro atoms. The first-order valence-corrected chi connectivity index (χ1v) is 6.28. The lowest BCUT2D eigenvalue weighted by Crippen LogP contribution is -2.35. The molecule has 0 aromatic carbocycles. The maximum atomic E-state index is 11.6. The van der Waals surface area contributed by atoms with Crippen LogP contribution in [0.1, 0.15) is 19.3 Å². The average Bonchev–Trinajstić information content (AvgIpc) is 2.38. The smallest absolute Gasteiger partial charge is 0.310 e. The fraction of sp³-hybridized carbons (Fsp3) is 0.917. The highest BCUT2D eigenvalue weighted by atomic mass is 16.5. The first kappa shape index (κ1) is 14.4. The van der Waals surface area contributed by atoms with Gasteiger partial charge in [0.1, 0.15) is 0 Å². The number of rotatable bonds is 8. The maximum Gasteiger partial charge on any atom is 0.310 e. The number of piperidine rings is 1. The van der Waals surface area contributed by atoms with Gasteiger partial charge in [-0.05, 0) is 19.4 Å². The lowest BCUT2D eigenvalue weighted by Gasteiger charge is -2.21. The second kappa shape index (κ2) is 9.39. The minimum absolute atomic E-state index is 0.0400. The summed E-state index contributed by atoms with van der Waals surface area (Å²) in [4.78, 5) is 11.6. The first-order chi connectivity index (χ1) is 8.34. The van der Waals surface area contributed by atoms with E-state index in [0.29, 0.717) is 26.4 Å². The molecule has 0 saturated carbocycles. The van der Waals surface area contributed by atoms with Crippen LogP contribution in [0.25, 0.3) is 0 Å². The van der Waals surface area contributed by atoms with E-state index in [4.69, 9.17) is 14.2 Å². The maximum absolute atomic E-state index is 11.6. The Morgan fingerprint density at radius 2 is 2.18 bits per heavy atom. The quantitative estimate of drug-likeness (QED) is 0.501. The van der Waals surface area contributed by atoms with Crippen LogP contribution in [0.15, 0.2) is 0 Å². The van der Waals surface area contributed by atoms with E-state index in [1.165, 1.54) is 0 Å². The Morgan fingerprint density at radius 1 is 1.29 bits per heavy atom. The number of nitrogens with one attached hydrogen (secondary N) is 1. The highest BCUT2D eigenvalue weighted by molar-refractivity contribution is 5.72. The summed E-state index contributed by atoms with van der Waals surface area (Å²) in [6.07, 6.45) is 2.74. The standard InChI is InChI=1S/C12H23NO4/c1-15-8-9-16-6-3-7-17-12(14)11-4-2-5-13-10-11/h11,13H,2-10H2,1H3. The molecule has 0 aromatic rings. The van der Waals surface area contributed by atoms with Gasteiger partial charge in [-0.1, -0.05) is 0 Å². The fourth-order valence-corrected chi connectivity index (χ4v) is 1.75. The van der Waals surface area contributed by atoms with E-state index in [9.17, 15) is 4.79 Å². The minimum Gasteiger partial charge on any atom is -0.465 e. The molecule has 0 amide bonds. The zero-order valence-corrected chi connectivity index (χ0v) is 10.6. The second-order valence-corrected chi connectivity index (χ2v) is 4.17. The molecule has 1 heterocycles. The van der Waals surface area contributed by atoms with Crippen molar-refractivity contribution in [3.8, 4) is 0 Å². The SMILES string of the molecule is COCCOCCCOC(=O)C1CCCNC1. The number of carbonyl (C=O) groups excluding carboxylic acids is 1. The van der Waals surface area contributed by atoms with Gasteiger partial charge in [0.2, 0.25) is 0 Å². The summed E-state index contributed by atoms with van der Waals surface area (Å²) in [5, 5.41) is 3.20. The van der Waals surface area contributed by atoms with Gasteiger partial charge < -0.3 is 19.5 Å². The van der Waals surface area contributed by atoms with Gasteiger partial charge in [-0.2, -0.15) is 0 Å². The van der Waals surface area contributed by atoms with Gasteiger partial charge >= 0.3 is 5.97 Å². The Bertz CT molecular complexity index is 205. The third-order valence-electron chi connectivity index (χ3n) is 2.74. The van der Waals surface area contributed by atoms with Gasteiger partial charge in [0.15, 0.2) is 0 Å². The van der Waals surface area contributed by atoms with E-state index < -0.39 is 0 Å². The van der Waals surface area contributed by atoms with Crippen LogP contribution in [0.2, 0.25) is 0 Å². The van der Waals surface area contributed by atoms with E-state index in [1.807, 2.05) is 0 Å². The van der Waals surface area contributed by atoms with E-state index in [1.54, 1.807) is 7.11 Å². The summed E-state index contributed by atoms with van der Waals surface area (Å²) >= 11 is 0. The molecule has 0 aliphatic carbocycles. The van der Waals surface area contributed by atoms with Crippen LogP contribution in [0, 0.1) is 5.92 Å². The number of methoxy groups -OCH3 is 1. The zero-order chi connectivity index (χ0) is 12.3. The monoisotopic (exact) mass is 245 g/mol. The minimum atomic E-state index is -0.0749. The molecule has 1 atom stereocenters. The Kier molecular flexibility index (Phi) is 7.96. The van der Waals surface area contributed by atoms with Crippen molar-refractivity contribution in [1.29, 1.82) is 0 Å². The summed E-state index contributed by atoms with van der Waals surface area (Å²) in [5.74, 6) is -0.0350. The van der Waals surface area contributed by atoms with E-state index in [2.05, 4.69) is 5.32 Å². The Morgan fingerprint density at radius 3 is 2.88 bits per heavy atom. The van der Waals surface area contributed by atoms with Gasteiger partial charge in [0, 0.05) is 26.7 Å². The predicted molar refractivity (Wildman–Crippen MR) is 63.9 cm³/mol. The van der Waals surface area contributed by atoms with Crippen LogP contribution >= 0.6 is 0 Å². The number of hydrogen-bond acceptors (Lipinski definition) is 5. The molecule has 17 heavy (non-hydrogen) atoms. The third kappa shape index (κ3) is 6.61. The van der Waals surface area contributed by atoms with Gasteiger partial charge in [-0.15, -0.1) is 0 Å². The summed E-state index contributed by atoms with van der Waals surface area (Å²) < 4.78 is 15.3. The van der Waals surface area contributed by atoms with Gasteiger partial charge in [0.25, 0.3) is 0 Å². The Labute approximate surface area is 103 Å². The lowest BCUT2D eigenvalue weighted by molar-refractivity contribution is -0.149. The number of hydrogen-bond donors (Lipinski definition) is 1. The third-order valence-corrected chi connectivity index (χ3v) is 2.74. The van der Waals surface area contributed by atoms with Crippen molar-refractivity contribution < 1.29 is 19.0 Å². The molecule has 5 heteroatoms. The molecule has 0 bridgehead atoms. The molecule has 0 aromatic heterocycles. The van der Waals surface area contributed by atoms with Crippen molar-refractivity contribution >= 4 is 5.97 Å². The highest BCUT2D eigenvalue weighted by Crippen LogP contribution is 2.11. The Balaban J connectivity index is 1.92. The number of ether oxygens (including phenoxy) is 3. The summed E-state index contributed by atoms with van der Waals surface area (Å²) in [7, 11) is 1.64. The van der Waals surface area contributed by atoms with Crippen LogP contribution < -0.4 is 5.32 Å². The Hall–Kier alpha value is -0.650. The molecule has 1 unspecified atom stereocenters. The fourth-order valence-electron chi connectivity index (χ4n) is 1.75. The predicted octanol–water partition coefficient (Wildman–Crippen LogP) is 0.582. The van der Waals surface area contributed by atoms with E-state index >= 15 is 0 Å². The molecule has 1 aliphatic rings. The molecule has 1 fully saturated rings. The molecule has 0 radical (unpaired) electrons. The zero-order valence-electron chi connectivity index (χ0n) is 10.6. The van der Waals surface area contributed by atoms with Gasteiger partial charge in [-0.3, -0.25) is 4.79 Å². The largest absolute Gasteiger partial charge is 0.465 e. The molecule has 1 aliphatic heterocycles. The van der Waals surface area contributed by atoms with E-state index in [0.717, 1.165) is 32.4 Å². The first-order valence-electron chi connectivity index (χ1n) is 6.28. The summed E-state index contributed by atoms with van der Waals surface area (Å²) in [5.41, 5.74) is 0. The molecule has 1 N–H and O–H groups in total. The van der Waals surface area contributed by atoms with Gasteiger partial charge in [-0.25, -0.2) is 0 Å². The van der Waals surface area contributed by atoms with Crippen LogP contribution in [0.5, 0.6) is 0 Å². The summed E-state index contributed by atoms with van der Waals surface area (Å²) in [6, 6.07) is 0. The average molecular weight is 245 g/mol. The van der Waals surface area contributed by atoms with E-state index in [-0.39, 0.29) is 11.9 Å². The molecular weight excluding hydrogens is 222 g/mol. The molecule has 1 saturated heterocycles. The van der Waals surface area contributed by atoms with Crippen LogP contribution in [-0.4, -0.2) is 52.6 Å². The number of esters is 1. The van der Waals surface area contributed by atoms with Crippen LogP contribution in [0.3, 0.4) is 0 Å². The van der Waals surface area contributed by atoms with Crippen molar-refractivity contribution in [2.45, 2.75) is 19.3 Å². The van der Waals surface area contributed by atoms with Gasteiger partial charge in [0.05, 0.1) is 25.7 Å². The molecule has 5 nitrogen and oxygen atoms in total. The van der Waals surface area contributed by atoms with Crippen molar-refractivity contribution in [3.63, 3.8) is 0 Å².